The van der Waals surface area contributed by atoms with Crippen LogP contribution in [-0.2, 0) is 9.59 Å². The molecule has 0 aromatic heterocycles. The third-order valence-corrected chi connectivity index (χ3v) is 1.82. The first kappa shape index (κ1) is 10.9. The second-order valence-corrected chi connectivity index (χ2v) is 2.80. The van der Waals surface area contributed by atoms with Crippen LogP contribution in [0.3, 0.4) is 0 Å². The molecular weight excluding hydrogens is 158 g/mol. The van der Waals surface area contributed by atoms with Crippen LogP contribution in [0.1, 0.15) is 32.6 Å². The summed E-state index contributed by atoms with van der Waals surface area (Å²) >= 11 is 0. The van der Waals surface area contributed by atoms with Crippen molar-refractivity contribution in [3.05, 3.63) is 0 Å². The highest BCUT2D eigenvalue weighted by molar-refractivity contribution is 5.74. The number of carbonyl (C=O) groups is 2. The van der Waals surface area contributed by atoms with Crippen LogP contribution in [-0.4, -0.2) is 17.0 Å². The van der Waals surface area contributed by atoms with Gasteiger partial charge in [-0.3, -0.25) is 9.59 Å². The molecule has 0 aliphatic heterocycles. The Hall–Kier alpha value is -1.06. The third-order valence-electron chi connectivity index (χ3n) is 1.82. The van der Waals surface area contributed by atoms with Crippen molar-refractivity contribution in [2.45, 2.75) is 32.6 Å². The average Bonchev–Trinajstić information content (AvgIpc) is 1.96. The Morgan fingerprint density at radius 1 is 1.50 bits per heavy atom. The van der Waals surface area contributed by atoms with Gasteiger partial charge in [0.1, 0.15) is 0 Å². The van der Waals surface area contributed by atoms with Crippen LogP contribution in [0.2, 0.25) is 0 Å². The van der Waals surface area contributed by atoms with Gasteiger partial charge in [0, 0.05) is 6.42 Å². The third kappa shape index (κ3) is 4.71. The fraction of sp³-hybridized carbons (Fsp3) is 0.750. The van der Waals surface area contributed by atoms with Crippen molar-refractivity contribution < 1.29 is 14.7 Å². The summed E-state index contributed by atoms with van der Waals surface area (Å²) in [5.74, 6) is -1.48. The van der Waals surface area contributed by atoms with E-state index in [4.69, 9.17) is 10.8 Å². The van der Waals surface area contributed by atoms with E-state index in [1.54, 1.807) is 0 Å². The molecule has 1 atom stereocenters. The molecule has 0 spiro atoms. The van der Waals surface area contributed by atoms with Gasteiger partial charge < -0.3 is 10.8 Å². The normalized spacial score (nSPS) is 12.4. The zero-order chi connectivity index (χ0) is 9.56. The van der Waals surface area contributed by atoms with Crippen molar-refractivity contribution in [1.29, 1.82) is 0 Å². The molecule has 1 unspecified atom stereocenters. The lowest BCUT2D eigenvalue weighted by Gasteiger charge is -2.07. The Morgan fingerprint density at radius 2 is 2.08 bits per heavy atom. The Morgan fingerprint density at radius 3 is 2.42 bits per heavy atom. The molecule has 4 nitrogen and oxygen atoms in total. The summed E-state index contributed by atoms with van der Waals surface area (Å²) in [7, 11) is 0. The lowest BCUT2D eigenvalue weighted by Crippen LogP contribution is -2.15. The maximum Gasteiger partial charge on any atom is 0.306 e. The molecule has 0 saturated carbocycles. The zero-order valence-electron chi connectivity index (χ0n) is 7.25. The monoisotopic (exact) mass is 173 g/mol. The molecule has 12 heavy (non-hydrogen) atoms. The number of hydrogen-bond donors (Lipinski definition) is 2. The predicted octanol–water partition coefficient (Wildman–Crippen LogP) is 0.753. The summed E-state index contributed by atoms with van der Waals surface area (Å²) in [5, 5.41) is 8.62. The van der Waals surface area contributed by atoms with Crippen LogP contribution in [0.4, 0.5) is 0 Å². The quantitative estimate of drug-likeness (QED) is 0.622. The maximum absolute atomic E-state index is 10.5. The predicted molar refractivity (Wildman–Crippen MR) is 44.5 cm³/mol. The van der Waals surface area contributed by atoms with E-state index in [-0.39, 0.29) is 18.2 Å². The highest BCUT2D eigenvalue weighted by Crippen LogP contribution is 2.12. The minimum Gasteiger partial charge on any atom is -0.481 e. The van der Waals surface area contributed by atoms with E-state index in [0.29, 0.717) is 19.3 Å². The molecule has 0 radical (unpaired) electrons. The van der Waals surface area contributed by atoms with Crippen molar-refractivity contribution in [2.75, 3.05) is 0 Å². The van der Waals surface area contributed by atoms with Crippen LogP contribution >= 0.6 is 0 Å². The molecule has 0 saturated heterocycles. The van der Waals surface area contributed by atoms with Gasteiger partial charge >= 0.3 is 5.97 Å². The van der Waals surface area contributed by atoms with Gasteiger partial charge in [-0.05, 0) is 19.3 Å². The number of carbonyl (C=O) groups excluding carboxylic acids is 1. The van der Waals surface area contributed by atoms with Gasteiger partial charge in [-0.25, -0.2) is 0 Å². The van der Waals surface area contributed by atoms with Crippen LogP contribution in [0.15, 0.2) is 0 Å². The van der Waals surface area contributed by atoms with E-state index in [2.05, 4.69) is 0 Å². The standard InChI is InChI=1S/C8H15NO3/c1-2-6(8(11)12)4-3-5-7(9)10/h6H,2-5H2,1H3,(H2,9,10)(H,11,12). The largest absolute Gasteiger partial charge is 0.481 e. The van der Waals surface area contributed by atoms with Crippen molar-refractivity contribution >= 4 is 11.9 Å². The number of primary amides is 1. The van der Waals surface area contributed by atoms with Crippen molar-refractivity contribution in [3.8, 4) is 0 Å². The summed E-state index contributed by atoms with van der Waals surface area (Å²) in [4.78, 5) is 20.8. The summed E-state index contributed by atoms with van der Waals surface area (Å²) in [5.41, 5.74) is 4.91. The number of carboxylic acids is 1. The van der Waals surface area contributed by atoms with E-state index < -0.39 is 5.97 Å². The second kappa shape index (κ2) is 5.57. The molecule has 0 heterocycles. The summed E-state index contributed by atoms with van der Waals surface area (Å²) in [6.45, 7) is 1.82. The van der Waals surface area contributed by atoms with Gasteiger partial charge in [0.05, 0.1) is 5.92 Å². The van der Waals surface area contributed by atoms with Crippen molar-refractivity contribution in [3.63, 3.8) is 0 Å². The summed E-state index contributed by atoms with van der Waals surface area (Å²) in [6.07, 6.45) is 1.99. The lowest BCUT2D eigenvalue weighted by molar-refractivity contribution is -0.142. The maximum atomic E-state index is 10.5. The topological polar surface area (TPSA) is 80.4 Å². The summed E-state index contributed by atoms with van der Waals surface area (Å²) < 4.78 is 0. The van der Waals surface area contributed by atoms with Gasteiger partial charge in [0.25, 0.3) is 0 Å². The van der Waals surface area contributed by atoms with Crippen LogP contribution in [0.25, 0.3) is 0 Å². The molecule has 0 rings (SSSR count). The summed E-state index contributed by atoms with van der Waals surface area (Å²) in [6, 6.07) is 0. The van der Waals surface area contributed by atoms with Crippen molar-refractivity contribution in [2.24, 2.45) is 11.7 Å². The lowest BCUT2D eigenvalue weighted by atomic mass is 9.99. The number of rotatable bonds is 6. The van der Waals surface area contributed by atoms with E-state index in [9.17, 15) is 9.59 Å². The number of amides is 1. The van der Waals surface area contributed by atoms with Gasteiger partial charge in [-0.15, -0.1) is 0 Å². The van der Waals surface area contributed by atoms with Gasteiger partial charge in [0.15, 0.2) is 0 Å². The molecule has 0 aliphatic rings. The molecular formula is C8H15NO3. The number of hydrogen-bond acceptors (Lipinski definition) is 2. The molecule has 0 bridgehead atoms. The minimum atomic E-state index is -0.790. The molecule has 70 valence electrons. The van der Waals surface area contributed by atoms with Crippen molar-refractivity contribution in [1.82, 2.24) is 0 Å². The SMILES string of the molecule is CCC(CCCC(N)=O)C(=O)O. The molecule has 3 N–H and O–H groups in total. The van der Waals surface area contributed by atoms with E-state index in [1.165, 1.54) is 0 Å². The van der Waals surface area contributed by atoms with E-state index in [0.717, 1.165) is 0 Å². The number of aliphatic carboxylic acids is 1. The molecule has 1 amide bonds. The second-order valence-electron chi connectivity index (χ2n) is 2.80. The fourth-order valence-electron chi connectivity index (χ4n) is 1.02. The minimum absolute atomic E-state index is 0.282. The van der Waals surface area contributed by atoms with Crippen LogP contribution in [0, 0.1) is 5.92 Å². The van der Waals surface area contributed by atoms with Crippen LogP contribution < -0.4 is 5.73 Å². The number of nitrogens with two attached hydrogens (primary N) is 1. The molecule has 0 aromatic carbocycles. The highest BCUT2D eigenvalue weighted by Gasteiger charge is 2.14. The first-order valence-electron chi connectivity index (χ1n) is 4.09. The Bertz CT molecular complexity index is 168. The fourth-order valence-corrected chi connectivity index (χ4v) is 1.02. The first-order valence-corrected chi connectivity index (χ1v) is 4.09. The molecule has 0 aromatic rings. The smallest absolute Gasteiger partial charge is 0.306 e. The Kier molecular flexibility index (Phi) is 5.08. The zero-order valence-corrected chi connectivity index (χ0v) is 7.25. The first-order chi connectivity index (χ1) is 5.57. The Labute approximate surface area is 71.8 Å². The highest BCUT2D eigenvalue weighted by atomic mass is 16.4. The van der Waals surface area contributed by atoms with Gasteiger partial charge in [-0.2, -0.15) is 0 Å². The van der Waals surface area contributed by atoms with E-state index >= 15 is 0 Å². The van der Waals surface area contributed by atoms with Gasteiger partial charge in [0.2, 0.25) is 5.91 Å². The average molecular weight is 173 g/mol. The molecule has 4 heteroatoms. The van der Waals surface area contributed by atoms with E-state index in [1.807, 2.05) is 6.92 Å². The molecule has 0 fully saturated rings. The Balaban J connectivity index is 3.59. The number of carboxylic acid groups (broad SMARTS) is 1. The van der Waals surface area contributed by atoms with Crippen LogP contribution in [0.5, 0.6) is 0 Å². The van der Waals surface area contributed by atoms with Gasteiger partial charge in [-0.1, -0.05) is 6.92 Å². The molecule has 0 aliphatic carbocycles.